The predicted molar refractivity (Wildman–Crippen MR) is 218 cm³/mol. The van der Waals surface area contributed by atoms with Crippen molar-refractivity contribution in [3.63, 3.8) is 0 Å². The van der Waals surface area contributed by atoms with Gasteiger partial charge in [0.05, 0.1) is 5.69 Å². The molecule has 0 saturated carbocycles. The van der Waals surface area contributed by atoms with Crippen LogP contribution in [-0.2, 0) is 30.5 Å². The Morgan fingerprint density at radius 2 is 0.653 bits per heavy atom. The van der Waals surface area contributed by atoms with Crippen molar-refractivity contribution in [3.8, 4) is 0 Å². The highest BCUT2D eigenvalue weighted by atomic mass is 16.1. The van der Waals surface area contributed by atoms with Crippen molar-refractivity contribution in [3.05, 3.63) is 28.3 Å². The van der Waals surface area contributed by atoms with Gasteiger partial charge in [0.1, 0.15) is 0 Å². The van der Waals surface area contributed by atoms with Crippen molar-refractivity contribution < 1.29 is 4.79 Å². The van der Waals surface area contributed by atoms with Gasteiger partial charge in [-0.05, 0) is 73.6 Å². The summed E-state index contributed by atoms with van der Waals surface area (Å²) in [5.74, 6) is 0. The molecule has 49 heavy (non-hydrogen) atoms. The van der Waals surface area contributed by atoms with Crippen LogP contribution >= 0.6 is 0 Å². The van der Waals surface area contributed by atoms with Crippen LogP contribution in [0.2, 0.25) is 0 Å². The van der Waals surface area contributed by atoms with Gasteiger partial charge in [-0.25, -0.2) is 4.79 Å². The first-order chi connectivity index (χ1) is 24.2. The highest BCUT2D eigenvalue weighted by molar-refractivity contribution is 5.60. The molecule has 0 aromatic heterocycles. The van der Waals surface area contributed by atoms with E-state index in [2.05, 4.69) is 38.8 Å². The van der Waals surface area contributed by atoms with E-state index in [0.717, 1.165) is 24.9 Å². The van der Waals surface area contributed by atoms with E-state index in [4.69, 9.17) is 0 Å². The lowest BCUT2D eigenvalue weighted by Crippen LogP contribution is -2.08. The monoisotopic (exact) mass is 679 g/mol. The van der Waals surface area contributed by atoms with Crippen LogP contribution in [-0.4, -0.2) is 6.08 Å². The Labute approximate surface area is 307 Å². The first-order valence-corrected chi connectivity index (χ1v) is 22.4. The topological polar surface area (TPSA) is 29.4 Å². The summed E-state index contributed by atoms with van der Waals surface area (Å²) in [6.45, 7) is 9.21. The van der Waals surface area contributed by atoms with Gasteiger partial charge in [0.25, 0.3) is 0 Å². The Hall–Kier alpha value is -1.40. The van der Waals surface area contributed by atoms with Gasteiger partial charge in [-0.2, -0.15) is 4.99 Å². The molecule has 1 radical (unpaired) electrons. The second-order valence-electron chi connectivity index (χ2n) is 15.5. The van der Waals surface area contributed by atoms with Crippen LogP contribution in [0.5, 0.6) is 0 Å². The molecule has 0 N–H and O–H groups in total. The molecule has 0 aliphatic heterocycles. The van der Waals surface area contributed by atoms with E-state index in [0.29, 0.717) is 0 Å². The van der Waals surface area contributed by atoms with E-state index in [1.807, 2.05) is 6.08 Å². The Kier molecular flexibility index (Phi) is 32.6. The number of nitrogens with zero attached hydrogens (tertiary/aromatic N) is 1. The van der Waals surface area contributed by atoms with Gasteiger partial charge in [0, 0.05) is 6.07 Å². The number of hydrogen-bond donors (Lipinski definition) is 0. The van der Waals surface area contributed by atoms with Gasteiger partial charge in [-0.15, -0.1) is 0 Å². The number of isocyanates is 1. The van der Waals surface area contributed by atoms with Crippen LogP contribution in [0.15, 0.2) is 4.99 Å². The van der Waals surface area contributed by atoms with Crippen molar-refractivity contribution >= 4 is 11.8 Å². The maximum absolute atomic E-state index is 11.8. The quantitative estimate of drug-likeness (QED) is 0.0391. The normalized spacial score (nSPS) is 11.3. The summed E-state index contributed by atoms with van der Waals surface area (Å²) in [5, 5.41) is 0. The minimum atomic E-state index is 0.835. The second-order valence-corrected chi connectivity index (χ2v) is 15.5. The van der Waals surface area contributed by atoms with Gasteiger partial charge in [-0.3, -0.25) is 0 Å². The summed E-state index contributed by atoms with van der Waals surface area (Å²) < 4.78 is 0. The molecular formula is C47H84NO. The fraction of sp³-hybridized carbons (Fsp3) is 0.851. The van der Waals surface area contributed by atoms with E-state index < -0.39 is 0 Å². The Morgan fingerprint density at radius 3 is 1.00 bits per heavy atom. The number of hydrogen-bond acceptors (Lipinski definition) is 2. The second kappa shape index (κ2) is 35.0. The molecule has 0 spiro atoms. The van der Waals surface area contributed by atoms with Crippen molar-refractivity contribution in [1.29, 1.82) is 0 Å². The minimum absolute atomic E-state index is 0.835. The van der Waals surface area contributed by atoms with E-state index in [9.17, 15) is 4.79 Å². The van der Waals surface area contributed by atoms with E-state index in [1.54, 1.807) is 11.1 Å². The third kappa shape index (κ3) is 24.4. The summed E-state index contributed by atoms with van der Waals surface area (Å²) in [6, 6.07) is 3.79. The van der Waals surface area contributed by atoms with E-state index >= 15 is 0 Å². The summed E-state index contributed by atoms with van der Waals surface area (Å²) >= 11 is 0. The molecule has 283 valence electrons. The number of benzene rings is 1. The van der Waals surface area contributed by atoms with Gasteiger partial charge in [-0.1, -0.05) is 207 Å². The number of aliphatic imine (C=N–C) groups is 1. The molecule has 0 aliphatic carbocycles. The van der Waals surface area contributed by atoms with Gasteiger partial charge >= 0.3 is 0 Å². The van der Waals surface area contributed by atoms with E-state index in [-0.39, 0.29) is 0 Å². The molecule has 0 fully saturated rings. The highest BCUT2D eigenvalue weighted by Crippen LogP contribution is 2.34. The van der Waals surface area contributed by atoms with Crippen LogP contribution < -0.4 is 0 Å². The molecule has 1 rings (SSSR count). The SMILES string of the molecule is CCCCCCCCCCc1[c]c(N=C=O)c(CCCCCCCCCC)c(CCCCCCCCCC)c1CCCCCCCCCC. The van der Waals surface area contributed by atoms with E-state index in [1.165, 1.54) is 223 Å². The fourth-order valence-electron chi connectivity index (χ4n) is 7.77. The summed E-state index contributed by atoms with van der Waals surface area (Å²) in [4.78, 5) is 16.2. The molecule has 1 aromatic carbocycles. The zero-order chi connectivity index (χ0) is 35.5. The zero-order valence-electron chi connectivity index (χ0n) is 33.8. The lowest BCUT2D eigenvalue weighted by atomic mass is 9.84. The zero-order valence-corrected chi connectivity index (χ0v) is 33.8. The molecule has 0 saturated heterocycles. The Balaban J connectivity index is 3.13. The third-order valence-electron chi connectivity index (χ3n) is 10.9. The van der Waals surface area contributed by atoms with Gasteiger partial charge in [0.15, 0.2) is 0 Å². The van der Waals surface area contributed by atoms with Crippen LogP contribution in [0.3, 0.4) is 0 Å². The molecule has 0 amide bonds. The first-order valence-electron chi connectivity index (χ1n) is 22.4. The van der Waals surface area contributed by atoms with Crippen molar-refractivity contribution in [2.24, 2.45) is 4.99 Å². The van der Waals surface area contributed by atoms with Gasteiger partial charge in [0.2, 0.25) is 6.08 Å². The fourth-order valence-corrected chi connectivity index (χ4v) is 7.77. The van der Waals surface area contributed by atoms with Crippen molar-refractivity contribution in [2.75, 3.05) is 0 Å². The summed E-state index contributed by atoms with van der Waals surface area (Å²) in [7, 11) is 0. The lowest BCUT2D eigenvalue weighted by Gasteiger charge is -2.21. The molecule has 0 aliphatic rings. The molecule has 0 atom stereocenters. The van der Waals surface area contributed by atoms with Crippen LogP contribution in [0.1, 0.15) is 255 Å². The number of carbonyl (C=O) groups excluding carboxylic acids is 1. The minimum Gasteiger partial charge on any atom is -0.211 e. The largest absolute Gasteiger partial charge is 0.240 e. The third-order valence-corrected chi connectivity index (χ3v) is 10.9. The summed E-state index contributed by atoms with van der Waals surface area (Å²) in [5.41, 5.74) is 6.75. The van der Waals surface area contributed by atoms with Crippen LogP contribution in [0.4, 0.5) is 5.69 Å². The highest BCUT2D eigenvalue weighted by Gasteiger charge is 2.18. The Morgan fingerprint density at radius 1 is 0.367 bits per heavy atom. The lowest BCUT2D eigenvalue weighted by molar-refractivity contribution is 0.563. The molecule has 1 aromatic rings. The standard InChI is InChI=1S/C47H84NO/c1-5-9-13-17-21-25-29-33-37-43-41-47(48-42-49)46(40-36-32-28-24-20-16-12-8-4)45(39-35-31-27-23-19-15-11-7-3)44(43)38-34-30-26-22-18-14-10-6-2/h5-40H2,1-4H3. The van der Waals surface area contributed by atoms with Crippen molar-refractivity contribution in [2.45, 2.75) is 259 Å². The molecular weight excluding hydrogens is 595 g/mol. The average molecular weight is 679 g/mol. The van der Waals surface area contributed by atoms with Crippen molar-refractivity contribution in [1.82, 2.24) is 0 Å². The van der Waals surface area contributed by atoms with Gasteiger partial charge < -0.3 is 0 Å². The smallest absolute Gasteiger partial charge is 0.211 e. The predicted octanol–water partition coefficient (Wildman–Crippen LogP) is 16.2. The molecule has 2 heteroatoms. The number of aryl methyl sites for hydroxylation is 1. The Bertz CT molecular complexity index is 913. The van der Waals surface area contributed by atoms with Crippen LogP contribution in [0.25, 0.3) is 0 Å². The molecule has 0 bridgehead atoms. The first kappa shape index (κ1) is 45.6. The summed E-state index contributed by atoms with van der Waals surface area (Å²) in [6.07, 6.45) is 49.4. The molecule has 2 nitrogen and oxygen atoms in total. The average Bonchev–Trinajstić information content (AvgIpc) is 3.11. The maximum atomic E-state index is 11.8. The molecule has 0 heterocycles. The number of unbranched alkanes of at least 4 members (excludes halogenated alkanes) is 28. The molecule has 0 unspecified atom stereocenters. The van der Waals surface area contributed by atoms with Crippen LogP contribution in [0, 0.1) is 6.07 Å². The maximum Gasteiger partial charge on any atom is 0.240 e. The number of rotatable bonds is 37.